The Labute approximate surface area is 90.2 Å². The Hall–Kier alpha value is -1.67. The Morgan fingerprint density at radius 1 is 1.00 bits per heavy atom. The Bertz CT molecular complexity index is 397. The largest absolute Gasteiger partial charge is 0.415 e. The molecule has 76 valence electrons. The van der Waals surface area contributed by atoms with E-state index in [1.165, 1.54) is 5.56 Å². The van der Waals surface area contributed by atoms with Gasteiger partial charge < -0.3 is 4.90 Å². The van der Waals surface area contributed by atoms with Crippen LogP contribution in [-0.2, 0) is 6.54 Å². The lowest BCUT2D eigenvalue weighted by Crippen LogP contribution is -3.00. The van der Waals surface area contributed by atoms with Crippen molar-refractivity contribution in [3.63, 3.8) is 0 Å². The van der Waals surface area contributed by atoms with E-state index in [0.29, 0.717) is 0 Å². The molecule has 0 saturated heterocycles. The first-order chi connectivity index (χ1) is 7.36. The van der Waals surface area contributed by atoms with Gasteiger partial charge in [0, 0.05) is 17.8 Å². The molecule has 2 aromatic rings. The standard InChI is InChI=1S/C13H14N2/c1-15(13-9-5-6-10-14-13)11-12-7-3-2-4-8-12/h2-10,15H,1,11H2. The molecule has 0 spiro atoms. The number of nitrogens with zero attached hydrogens (tertiary/aromatic N) is 1. The predicted molar refractivity (Wildman–Crippen MR) is 60.4 cm³/mol. The van der Waals surface area contributed by atoms with Gasteiger partial charge in [-0.05, 0) is 6.07 Å². The summed E-state index contributed by atoms with van der Waals surface area (Å²) in [6.07, 6.45) is 1.80. The number of benzene rings is 1. The van der Waals surface area contributed by atoms with Gasteiger partial charge in [-0.3, -0.25) is 0 Å². The molecule has 2 rings (SSSR count). The first-order valence-corrected chi connectivity index (χ1v) is 4.99. The lowest BCUT2D eigenvalue weighted by Gasteiger charge is -2.18. The number of hydrogen-bond donors (Lipinski definition) is 1. The maximum atomic E-state index is 4.28. The van der Waals surface area contributed by atoms with Gasteiger partial charge in [0.1, 0.15) is 0 Å². The predicted octanol–water partition coefficient (Wildman–Crippen LogP) is 1.59. The maximum absolute atomic E-state index is 4.28. The fraction of sp³-hybridized carbons (Fsp3) is 0.0769. The van der Waals surface area contributed by atoms with Crippen LogP contribution in [0, 0.1) is 7.05 Å². The van der Waals surface area contributed by atoms with Crippen molar-refractivity contribution in [1.29, 1.82) is 0 Å². The van der Waals surface area contributed by atoms with E-state index in [2.05, 4.69) is 24.2 Å². The maximum Gasteiger partial charge on any atom is 0.199 e. The summed E-state index contributed by atoms with van der Waals surface area (Å²) in [6.45, 7) is 0.859. The van der Waals surface area contributed by atoms with Gasteiger partial charge in [0.25, 0.3) is 0 Å². The molecule has 2 nitrogen and oxygen atoms in total. The molecule has 1 atom stereocenters. The first kappa shape index (κ1) is 9.87. The van der Waals surface area contributed by atoms with E-state index in [-0.39, 0.29) is 0 Å². The quantitative estimate of drug-likeness (QED) is 0.741. The number of aromatic nitrogens is 1. The summed E-state index contributed by atoms with van der Waals surface area (Å²) in [4.78, 5) is 5.33. The second-order valence-electron chi connectivity index (χ2n) is 3.48. The van der Waals surface area contributed by atoms with Gasteiger partial charge in [0.05, 0.1) is 6.54 Å². The molecular weight excluding hydrogens is 184 g/mol. The SMILES string of the molecule is [CH2-][NH+](Cc1ccccc1)c1ccccn1. The minimum Gasteiger partial charge on any atom is -0.415 e. The molecule has 0 fully saturated rings. The highest BCUT2D eigenvalue weighted by Gasteiger charge is 2.02. The van der Waals surface area contributed by atoms with Crippen LogP contribution in [0.4, 0.5) is 5.82 Å². The lowest BCUT2D eigenvalue weighted by atomic mass is 10.2. The summed E-state index contributed by atoms with van der Waals surface area (Å²) < 4.78 is 0. The summed E-state index contributed by atoms with van der Waals surface area (Å²) in [7, 11) is 4.06. The molecule has 1 heterocycles. The van der Waals surface area contributed by atoms with Crippen LogP contribution in [0.3, 0.4) is 0 Å². The smallest absolute Gasteiger partial charge is 0.199 e. The van der Waals surface area contributed by atoms with Crippen LogP contribution in [0.25, 0.3) is 0 Å². The zero-order valence-electron chi connectivity index (χ0n) is 8.56. The van der Waals surface area contributed by atoms with E-state index in [0.717, 1.165) is 17.3 Å². The number of rotatable bonds is 3. The van der Waals surface area contributed by atoms with Crippen molar-refractivity contribution in [2.45, 2.75) is 6.54 Å². The minimum absolute atomic E-state index is 0.859. The average Bonchev–Trinajstić information content (AvgIpc) is 2.31. The second-order valence-corrected chi connectivity index (χ2v) is 3.48. The minimum atomic E-state index is 0.859. The molecule has 1 aromatic carbocycles. The normalized spacial score (nSPS) is 12.3. The Morgan fingerprint density at radius 2 is 1.73 bits per heavy atom. The molecular formula is C13H14N2. The van der Waals surface area contributed by atoms with E-state index < -0.39 is 0 Å². The molecule has 0 radical (unpaired) electrons. The average molecular weight is 198 g/mol. The van der Waals surface area contributed by atoms with Crippen molar-refractivity contribution < 1.29 is 4.90 Å². The van der Waals surface area contributed by atoms with Crippen molar-refractivity contribution >= 4 is 5.82 Å². The Morgan fingerprint density at radius 3 is 2.40 bits per heavy atom. The topological polar surface area (TPSA) is 17.3 Å². The summed E-state index contributed by atoms with van der Waals surface area (Å²) >= 11 is 0. The Balaban J connectivity index is 2.08. The second kappa shape index (κ2) is 4.71. The van der Waals surface area contributed by atoms with E-state index in [9.17, 15) is 0 Å². The summed E-state index contributed by atoms with van der Waals surface area (Å²) in [6, 6.07) is 16.2. The van der Waals surface area contributed by atoms with Gasteiger partial charge >= 0.3 is 0 Å². The van der Waals surface area contributed by atoms with E-state index in [1.807, 2.05) is 36.4 Å². The highest BCUT2D eigenvalue weighted by molar-refractivity contribution is 5.18. The van der Waals surface area contributed by atoms with Crippen LogP contribution in [0.2, 0.25) is 0 Å². The van der Waals surface area contributed by atoms with Gasteiger partial charge in [-0.15, -0.1) is 7.05 Å². The van der Waals surface area contributed by atoms with Crippen LogP contribution >= 0.6 is 0 Å². The van der Waals surface area contributed by atoms with Crippen molar-refractivity contribution in [2.75, 3.05) is 0 Å². The first-order valence-electron chi connectivity index (χ1n) is 4.99. The fourth-order valence-corrected chi connectivity index (χ4v) is 1.50. The third kappa shape index (κ3) is 2.64. The zero-order chi connectivity index (χ0) is 10.5. The van der Waals surface area contributed by atoms with Gasteiger partial charge in [-0.2, -0.15) is 0 Å². The molecule has 0 bridgehead atoms. The van der Waals surface area contributed by atoms with E-state index in [4.69, 9.17) is 0 Å². The number of pyridine rings is 1. The third-order valence-corrected chi connectivity index (χ3v) is 2.29. The van der Waals surface area contributed by atoms with Gasteiger partial charge in [0.2, 0.25) is 0 Å². The number of quaternary nitrogens is 1. The molecule has 2 heteroatoms. The summed E-state index contributed by atoms with van der Waals surface area (Å²) in [5.74, 6) is 0.973. The molecule has 1 unspecified atom stereocenters. The third-order valence-electron chi connectivity index (χ3n) is 2.29. The van der Waals surface area contributed by atoms with Crippen molar-refractivity contribution in [2.24, 2.45) is 0 Å². The van der Waals surface area contributed by atoms with Crippen LogP contribution in [0.15, 0.2) is 54.7 Å². The molecule has 0 saturated carbocycles. The summed E-state index contributed by atoms with van der Waals surface area (Å²) in [5, 5.41) is 0. The summed E-state index contributed by atoms with van der Waals surface area (Å²) in [5.41, 5.74) is 1.27. The number of nitrogens with one attached hydrogen (secondary N) is 1. The highest BCUT2D eigenvalue weighted by atomic mass is 15.2. The van der Waals surface area contributed by atoms with Crippen LogP contribution in [-0.4, -0.2) is 4.98 Å². The van der Waals surface area contributed by atoms with Gasteiger partial charge in [-0.1, -0.05) is 36.4 Å². The van der Waals surface area contributed by atoms with Crippen LogP contribution in [0.5, 0.6) is 0 Å². The highest BCUT2D eigenvalue weighted by Crippen LogP contribution is 1.98. The van der Waals surface area contributed by atoms with Crippen LogP contribution < -0.4 is 4.90 Å². The van der Waals surface area contributed by atoms with Crippen molar-refractivity contribution in [1.82, 2.24) is 4.98 Å². The molecule has 0 aliphatic carbocycles. The van der Waals surface area contributed by atoms with E-state index >= 15 is 0 Å². The van der Waals surface area contributed by atoms with Crippen LogP contribution in [0.1, 0.15) is 5.56 Å². The molecule has 0 aliphatic heterocycles. The monoisotopic (exact) mass is 198 g/mol. The molecule has 15 heavy (non-hydrogen) atoms. The van der Waals surface area contributed by atoms with Gasteiger partial charge in [0.15, 0.2) is 5.82 Å². The molecule has 1 N–H and O–H groups in total. The molecule has 0 amide bonds. The van der Waals surface area contributed by atoms with Crippen molar-refractivity contribution in [3.8, 4) is 0 Å². The molecule has 1 aromatic heterocycles. The van der Waals surface area contributed by atoms with E-state index in [1.54, 1.807) is 6.20 Å². The van der Waals surface area contributed by atoms with Gasteiger partial charge in [-0.25, -0.2) is 4.98 Å². The van der Waals surface area contributed by atoms with Crippen molar-refractivity contribution in [3.05, 3.63) is 67.3 Å². The zero-order valence-corrected chi connectivity index (χ0v) is 8.56. The fourth-order valence-electron chi connectivity index (χ4n) is 1.50. The number of hydrogen-bond acceptors (Lipinski definition) is 1. The lowest BCUT2D eigenvalue weighted by molar-refractivity contribution is -0.800. The Kier molecular flexibility index (Phi) is 3.10. The molecule has 0 aliphatic rings.